The number of para-hydroxylation sites is 1. The minimum atomic E-state index is -0.780. The van der Waals surface area contributed by atoms with Crippen molar-refractivity contribution in [3.8, 4) is 0 Å². The third-order valence-electron chi connectivity index (χ3n) is 3.47. The number of carbonyl (C=O) groups excluding carboxylic acids is 1. The van der Waals surface area contributed by atoms with E-state index in [4.69, 9.17) is 0 Å². The Bertz CT molecular complexity index is 645. The first-order valence-electron chi connectivity index (χ1n) is 5.84. The van der Waals surface area contributed by atoms with Crippen LogP contribution in [0.4, 0.5) is 0 Å². The van der Waals surface area contributed by atoms with Crippen molar-refractivity contribution in [2.24, 2.45) is 5.10 Å². The summed E-state index contributed by atoms with van der Waals surface area (Å²) in [7, 11) is 1.86. The van der Waals surface area contributed by atoms with Crippen LogP contribution < -0.4 is 0 Å². The van der Waals surface area contributed by atoms with Crippen molar-refractivity contribution < 1.29 is 4.79 Å². The number of hydrogen-bond acceptors (Lipinski definition) is 4. The molecule has 0 amide bonds. The Labute approximate surface area is 105 Å². The van der Waals surface area contributed by atoms with Crippen LogP contribution in [0.25, 0.3) is 10.9 Å². The van der Waals surface area contributed by atoms with E-state index in [1.165, 1.54) is 0 Å². The lowest BCUT2D eigenvalue weighted by molar-refractivity contribution is -0.112. The third-order valence-corrected chi connectivity index (χ3v) is 3.47. The van der Waals surface area contributed by atoms with E-state index >= 15 is 0 Å². The third kappa shape index (κ3) is 1.30. The molecule has 0 spiro atoms. The molecule has 0 radical (unpaired) electrons. The van der Waals surface area contributed by atoms with Crippen molar-refractivity contribution in [3.63, 3.8) is 0 Å². The highest BCUT2D eigenvalue weighted by atomic mass is 16.1. The summed E-state index contributed by atoms with van der Waals surface area (Å²) >= 11 is 0. The van der Waals surface area contributed by atoms with Gasteiger partial charge in [0.15, 0.2) is 11.8 Å². The summed E-state index contributed by atoms with van der Waals surface area (Å²) in [4.78, 5) is 11.7. The monoisotopic (exact) mass is 242 g/mol. The number of hydrogen-bond donors (Lipinski definition) is 0. The second kappa shape index (κ2) is 3.66. The molecule has 3 rings (SSSR count). The van der Waals surface area contributed by atoms with Gasteiger partial charge in [-0.2, -0.15) is 10.2 Å². The average molecular weight is 242 g/mol. The predicted octanol–water partition coefficient (Wildman–Crippen LogP) is 1.25. The Balaban J connectivity index is 2.25. The van der Waals surface area contributed by atoms with Crippen LogP contribution in [-0.4, -0.2) is 40.4 Å². The zero-order valence-electron chi connectivity index (χ0n) is 10.4. The number of hydrazone groups is 1. The number of nitrogens with zero attached hydrogens (tertiary/aromatic N) is 4. The van der Waals surface area contributed by atoms with E-state index in [0.717, 1.165) is 22.9 Å². The molecule has 5 nitrogen and oxygen atoms in total. The van der Waals surface area contributed by atoms with Gasteiger partial charge in [-0.25, -0.2) is 4.68 Å². The number of aldehydes is 1. The molecule has 5 heteroatoms. The Kier molecular flexibility index (Phi) is 2.23. The zero-order valence-corrected chi connectivity index (χ0v) is 10.4. The summed E-state index contributed by atoms with van der Waals surface area (Å²) in [5.41, 5.74) is 0.945. The smallest absolute Gasteiger partial charge is 0.176 e. The van der Waals surface area contributed by atoms with E-state index in [2.05, 4.69) is 10.2 Å². The van der Waals surface area contributed by atoms with E-state index < -0.39 is 5.54 Å². The summed E-state index contributed by atoms with van der Waals surface area (Å²) in [6, 6.07) is 7.87. The lowest BCUT2D eigenvalue weighted by Crippen LogP contribution is -2.45. The van der Waals surface area contributed by atoms with Gasteiger partial charge in [-0.1, -0.05) is 18.2 Å². The van der Waals surface area contributed by atoms with Crippen LogP contribution in [0.2, 0.25) is 0 Å². The molecule has 0 saturated carbocycles. The maximum Gasteiger partial charge on any atom is 0.176 e. The van der Waals surface area contributed by atoms with Crippen LogP contribution in [0.15, 0.2) is 35.6 Å². The molecule has 1 atom stereocenters. The van der Waals surface area contributed by atoms with Crippen molar-refractivity contribution in [2.75, 3.05) is 13.6 Å². The highest BCUT2D eigenvalue weighted by Crippen LogP contribution is 2.27. The van der Waals surface area contributed by atoms with Gasteiger partial charge in [0.25, 0.3) is 0 Å². The highest BCUT2D eigenvalue weighted by Gasteiger charge is 2.42. The quantitative estimate of drug-likeness (QED) is 0.745. The normalized spacial score (nSPS) is 23.4. The van der Waals surface area contributed by atoms with Crippen LogP contribution in [-0.2, 0) is 10.3 Å². The Morgan fingerprint density at radius 3 is 2.83 bits per heavy atom. The van der Waals surface area contributed by atoms with Gasteiger partial charge in [-0.05, 0) is 13.0 Å². The first kappa shape index (κ1) is 11.0. The van der Waals surface area contributed by atoms with Crippen LogP contribution in [0.1, 0.15) is 6.92 Å². The molecule has 1 unspecified atom stereocenters. The molecular formula is C13H14N4O. The molecule has 18 heavy (non-hydrogen) atoms. The second-order valence-electron chi connectivity index (χ2n) is 4.66. The summed E-state index contributed by atoms with van der Waals surface area (Å²) in [6.07, 6.45) is 2.72. The van der Waals surface area contributed by atoms with Crippen LogP contribution in [0.3, 0.4) is 0 Å². The number of benzene rings is 1. The van der Waals surface area contributed by atoms with Gasteiger partial charge in [0.05, 0.1) is 24.0 Å². The van der Waals surface area contributed by atoms with Gasteiger partial charge < -0.3 is 4.79 Å². The van der Waals surface area contributed by atoms with Gasteiger partial charge >= 0.3 is 0 Å². The maximum absolute atomic E-state index is 11.7. The molecule has 0 bridgehead atoms. The SMILES string of the molecule is CC1=NN(C)CC1(C=O)n1ncc2ccccc21. The van der Waals surface area contributed by atoms with Gasteiger partial charge in [-0.15, -0.1) is 0 Å². The van der Waals surface area contributed by atoms with Crippen LogP contribution in [0, 0.1) is 0 Å². The van der Waals surface area contributed by atoms with E-state index in [0.29, 0.717) is 6.54 Å². The highest BCUT2D eigenvalue weighted by molar-refractivity contribution is 6.05. The predicted molar refractivity (Wildman–Crippen MR) is 69.5 cm³/mol. The summed E-state index contributed by atoms with van der Waals surface area (Å²) in [6.45, 7) is 2.39. The molecule has 1 aromatic carbocycles. The maximum atomic E-state index is 11.7. The molecule has 0 N–H and O–H groups in total. The first-order chi connectivity index (χ1) is 8.67. The Morgan fingerprint density at radius 1 is 1.39 bits per heavy atom. The Hall–Kier alpha value is -2.17. The fourth-order valence-electron chi connectivity index (χ4n) is 2.52. The fourth-order valence-corrected chi connectivity index (χ4v) is 2.52. The van der Waals surface area contributed by atoms with Crippen molar-refractivity contribution in [1.82, 2.24) is 14.8 Å². The van der Waals surface area contributed by atoms with Gasteiger partial charge in [-0.3, -0.25) is 5.01 Å². The standard InChI is InChI=1S/C13H14N4O/c1-10-13(9-18,8-16(2)15-10)17-12-6-4-3-5-11(12)7-14-17/h3-7,9H,8H2,1-2H3. The van der Waals surface area contributed by atoms with Crippen molar-refractivity contribution in [1.29, 1.82) is 0 Å². The summed E-state index contributed by atoms with van der Waals surface area (Å²) in [5, 5.41) is 11.5. The largest absolute Gasteiger partial charge is 0.300 e. The number of fused-ring (bicyclic) bond motifs is 1. The first-order valence-corrected chi connectivity index (χ1v) is 5.84. The second-order valence-corrected chi connectivity index (χ2v) is 4.66. The van der Waals surface area contributed by atoms with Gasteiger partial charge in [0.1, 0.15) is 0 Å². The van der Waals surface area contributed by atoms with Crippen molar-refractivity contribution in [3.05, 3.63) is 30.5 Å². The number of carbonyl (C=O) groups is 1. The molecule has 1 aliphatic rings. The number of likely N-dealkylation sites (N-methyl/N-ethyl adjacent to an activating group) is 1. The number of rotatable bonds is 2. The molecule has 92 valence electrons. The summed E-state index contributed by atoms with van der Waals surface area (Å²) in [5.74, 6) is 0. The molecule has 0 saturated heterocycles. The number of aromatic nitrogens is 2. The molecule has 2 heterocycles. The molecule has 0 aliphatic carbocycles. The minimum Gasteiger partial charge on any atom is -0.300 e. The zero-order chi connectivity index (χ0) is 12.8. The lowest BCUT2D eigenvalue weighted by atomic mass is 9.97. The molecule has 1 aromatic heterocycles. The minimum absolute atomic E-state index is 0.522. The van der Waals surface area contributed by atoms with E-state index in [1.54, 1.807) is 15.9 Å². The Morgan fingerprint density at radius 2 is 2.17 bits per heavy atom. The summed E-state index contributed by atoms with van der Waals surface area (Å²) < 4.78 is 1.78. The lowest BCUT2D eigenvalue weighted by Gasteiger charge is -2.24. The molecule has 1 aliphatic heterocycles. The molecule has 2 aromatic rings. The van der Waals surface area contributed by atoms with Crippen LogP contribution in [0.5, 0.6) is 0 Å². The van der Waals surface area contributed by atoms with Gasteiger partial charge in [0, 0.05) is 12.4 Å². The van der Waals surface area contributed by atoms with Gasteiger partial charge in [0.2, 0.25) is 0 Å². The van der Waals surface area contributed by atoms with Crippen molar-refractivity contribution >= 4 is 22.9 Å². The van der Waals surface area contributed by atoms with E-state index in [9.17, 15) is 4.79 Å². The van der Waals surface area contributed by atoms with E-state index in [1.807, 2.05) is 38.2 Å². The molecular weight excluding hydrogens is 228 g/mol. The van der Waals surface area contributed by atoms with E-state index in [-0.39, 0.29) is 0 Å². The molecule has 0 fully saturated rings. The van der Waals surface area contributed by atoms with Crippen molar-refractivity contribution in [2.45, 2.75) is 12.5 Å². The fraction of sp³-hybridized carbons (Fsp3) is 0.308. The van der Waals surface area contributed by atoms with Crippen LogP contribution >= 0.6 is 0 Å². The topological polar surface area (TPSA) is 50.5 Å². The average Bonchev–Trinajstić information content (AvgIpc) is 2.91.